The van der Waals surface area contributed by atoms with E-state index >= 15 is 0 Å². The molecule has 0 aliphatic rings. The lowest BCUT2D eigenvalue weighted by atomic mass is 9.85. The molecule has 0 heterocycles. The van der Waals surface area contributed by atoms with Crippen LogP contribution in [0.15, 0.2) is 35.2 Å². The molecule has 0 fully saturated rings. The fraction of sp³-hybridized carbons (Fsp3) is 0.632. The highest BCUT2D eigenvalue weighted by Crippen LogP contribution is 2.32. The van der Waals surface area contributed by atoms with Gasteiger partial charge in [0.1, 0.15) is 0 Å². The van der Waals surface area contributed by atoms with E-state index in [4.69, 9.17) is 0 Å². The Hall–Kier alpha value is -0.470. The third-order valence-electron chi connectivity index (χ3n) is 4.35. The molecule has 0 amide bonds. The van der Waals surface area contributed by atoms with Crippen LogP contribution in [0.1, 0.15) is 59.8 Å². The Kier molecular flexibility index (Phi) is 9.10. The van der Waals surface area contributed by atoms with E-state index in [1.807, 2.05) is 11.8 Å². The highest BCUT2D eigenvalue weighted by molar-refractivity contribution is 7.99. The number of thioether (sulfide) groups is 1. The summed E-state index contributed by atoms with van der Waals surface area (Å²) in [4.78, 5) is 3.86. The molecule has 0 aliphatic carbocycles. The molecule has 0 unspecified atom stereocenters. The van der Waals surface area contributed by atoms with Crippen molar-refractivity contribution in [3.63, 3.8) is 0 Å². The lowest BCUT2D eigenvalue weighted by Gasteiger charge is -2.42. The Bertz CT molecular complexity index is 359. The van der Waals surface area contributed by atoms with E-state index in [0.29, 0.717) is 5.54 Å². The maximum Gasteiger partial charge on any atom is 0.0617 e. The number of hydrogen-bond acceptors (Lipinski definition) is 2. The van der Waals surface area contributed by atoms with Gasteiger partial charge in [0, 0.05) is 10.4 Å². The molecule has 1 aromatic rings. The van der Waals surface area contributed by atoms with E-state index in [2.05, 4.69) is 69.5 Å². The smallest absolute Gasteiger partial charge is 0.0617 e. The average molecular weight is 306 g/mol. The van der Waals surface area contributed by atoms with Gasteiger partial charge in [0.15, 0.2) is 0 Å². The standard InChI is InChI=1S/C19H31NS/c1-5-16-20(8-4)19(6-2,7-3)15-12-17-21-18-13-10-9-11-14-18/h9-11,13-14H,5-8,12,15,17H2,1-4H3. The quantitative estimate of drug-likeness (QED) is 0.285. The molecule has 0 saturated heterocycles. The minimum atomic E-state index is 0.308. The summed E-state index contributed by atoms with van der Waals surface area (Å²) in [5, 5.41) is 0. The monoisotopic (exact) mass is 305 g/mol. The van der Waals surface area contributed by atoms with Gasteiger partial charge in [-0.25, -0.2) is 0 Å². The van der Waals surface area contributed by atoms with Crippen molar-refractivity contribution < 1.29 is 0 Å². The van der Waals surface area contributed by atoms with E-state index in [0.717, 1.165) is 13.0 Å². The van der Waals surface area contributed by atoms with Crippen LogP contribution in [-0.4, -0.2) is 22.7 Å². The normalized spacial score (nSPS) is 12.0. The predicted octanol–water partition coefficient (Wildman–Crippen LogP) is 5.89. The topological polar surface area (TPSA) is 3.24 Å². The molecule has 1 rings (SSSR count). The van der Waals surface area contributed by atoms with Gasteiger partial charge >= 0.3 is 0 Å². The van der Waals surface area contributed by atoms with E-state index in [9.17, 15) is 0 Å². The molecule has 0 aromatic heterocycles. The zero-order chi connectivity index (χ0) is 15.6. The van der Waals surface area contributed by atoms with Crippen LogP contribution in [0.25, 0.3) is 0 Å². The molecular weight excluding hydrogens is 274 g/mol. The van der Waals surface area contributed by atoms with Crippen molar-refractivity contribution in [3.05, 3.63) is 36.9 Å². The molecule has 0 bridgehead atoms. The molecule has 0 atom stereocenters. The van der Waals surface area contributed by atoms with Crippen LogP contribution >= 0.6 is 11.8 Å². The van der Waals surface area contributed by atoms with E-state index < -0.39 is 0 Å². The molecule has 0 saturated carbocycles. The molecule has 0 aliphatic heterocycles. The molecule has 1 aromatic carbocycles. The van der Waals surface area contributed by atoms with Crippen LogP contribution in [0.2, 0.25) is 0 Å². The minimum absolute atomic E-state index is 0.308. The summed E-state index contributed by atoms with van der Waals surface area (Å²) in [6, 6.07) is 10.7. The Balaban J connectivity index is 2.50. The van der Waals surface area contributed by atoms with Gasteiger partial charge in [-0.2, -0.15) is 0 Å². The lowest BCUT2D eigenvalue weighted by molar-refractivity contribution is 0.102. The third kappa shape index (κ3) is 5.67. The van der Waals surface area contributed by atoms with Gasteiger partial charge in [0.05, 0.1) is 6.54 Å². The number of rotatable bonds is 11. The predicted molar refractivity (Wildman–Crippen MR) is 95.6 cm³/mol. The van der Waals surface area contributed by atoms with Gasteiger partial charge in [-0.15, -0.1) is 11.8 Å². The Morgan fingerprint density at radius 3 is 2.24 bits per heavy atom. The van der Waals surface area contributed by atoms with Gasteiger partial charge in [-0.1, -0.05) is 45.9 Å². The first kappa shape index (κ1) is 18.6. The summed E-state index contributed by atoms with van der Waals surface area (Å²) in [5.74, 6) is 1.20. The summed E-state index contributed by atoms with van der Waals surface area (Å²) in [7, 11) is 0. The summed E-state index contributed by atoms with van der Waals surface area (Å²) in [5.41, 5.74) is 0.308. The summed E-state index contributed by atoms with van der Waals surface area (Å²) in [6.07, 6.45) is 5.96. The second-order valence-corrected chi connectivity index (χ2v) is 6.62. The van der Waals surface area contributed by atoms with Gasteiger partial charge in [-0.3, -0.25) is 4.90 Å². The molecular formula is C19H31NS. The fourth-order valence-electron chi connectivity index (χ4n) is 3.03. The van der Waals surface area contributed by atoms with Gasteiger partial charge in [-0.05, 0) is 56.5 Å². The molecule has 1 nitrogen and oxygen atoms in total. The molecule has 2 heteroatoms. The van der Waals surface area contributed by atoms with Crippen LogP contribution in [0, 0.1) is 6.54 Å². The van der Waals surface area contributed by atoms with Crippen LogP contribution in [0.4, 0.5) is 0 Å². The molecule has 2 radical (unpaired) electrons. The van der Waals surface area contributed by atoms with Gasteiger partial charge < -0.3 is 0 Å². The van der Waals surface area contributed by atoms with Crippen molar-refractivity contribution in [1.82, 2.24) is 4.90 Å². The highest BCUT2D eigenvalue weighted by Gasteiger charge is 2.31. The Labute approximate surface area is 136 Å². The lowest BCUT2D eigenvalue weighted by Crippen LogP contribution is -2.46. The first-order valence-electron chi connectivity index (χ1n) is 8.41. The summed E-state index contributed by atoms with van der Waals surface area (Å²) in [6.45, 7) is 13.7. The Morgan fingerprint density at radius 1 is 1.05 bits per heavy atom. The van der Waals surface area contributed by atoms with E-state index in [-0.39, 0.29) is 0 Å². The largest absolute Gasteiger partial charge is 0.288 e. The van der Waals surface area contributed by atoms with Gasteiger partial charge in [0.2, 0.25) is 0 Å². The SMILES string of the molecule is CC[C]N(CC)C(CC)(CC)CCCSc1ccccc1. The van der Waals surface area contributed by atoms with E-state index in [1.165, 1.54) is 36.3 Å². The second kappa shape index (κ2) is 10.3. The van der Waals surface area contributed by atoms with Crippen molar-refractivity contribution >= 4 is 11.8 Å². The summed E-state index contributed by atoms with van der Waals surface area (Å²) >= 11 is 1.98. The molecule has 21 heavy (non-hydrogen) atoms. The third-order valence-corrected chi connectivity index (χ3v) is 5.45. The zero-order valence-corrected chi connectivity index (χ0v) is 15.0. The minimum Gasteiger partial charge on any atom is -0.288 e. The van der Waals surface area contributed by atoms with Gasteiger partial charge in [0.25, 0.3) is 0 Å². The van der Waals surface area contributed by atoms with E-state index in [1.54, 1.807) is 0 Å². The number of nitrogens with zero attached hydrogens (tertiary/aromatic N) is 1. The van der Waals surface area contributed by atoms with Crippen molar-refractivity contribution in [3.8, 4) is 0 Å². The molecule has 0 spiro atoms. The zero-order valence-electron chi connectivity index (χ0n) is 14.2. The Morgan fingerprint density at radius 2 is 1.71 bits per heavy atom. The highest BCUT2D eigenvalue weighted by atomic mass is 32.2. The van der Waals surface area contributed by atoms with Crippen LogP contribution in [0.5, 0.6) is 0 Å². The fourth-order valence-corrected chi connectivity index (χ4v) is 3.91. The van der Waals surface area contributed by atoms with Crippen LogP contribution < -0.4 is 0 Å². The first-order valence-corrected chi connectivity index (χ1v) is 9.40. The van der Waals surface area contributed by atoms with Crippen molar-refractivity contribution in [2.75, 3.05) is 12.3 Å². The number of benzene rings is 1. The maximum absolute atomic E-state index is 3.56. The first-order chi connectivity index (χ1) is 10.2. The second-order valence-electron chi connectivity index (χ2n) is 5.45. The average Bonchev–Trinajstić information content (AvgIpc) is 2.55. The molecule has 118 valence electrons. The van der Waals surface area contributed by atoms with Crippen LogP contribution in [-0.2, 0) is 0 Å². The van der Waals surface area contributed by atoms with Crippen molar-refractivity contribution in [2.24, 2.45) is 0 Å². The van der Waals surface area contributed by atoms with Crippen molar-refractivity contribution in [2.45, 2.75) is 70.2 Å². The molecule has 0 N–H and O–H groups in total. The summed E-state index contributed by atoms with van der Waals surface area (Å²) < 4.78 is 0. The number of hydrogen-bond donors (Lipinski definition) is 0. The van der Waals surface area contributed by atoms with Crippen molar-refractivity contribution in [1.29, 1.82) is 0 Å². The maximum atomic E-state index is 3.56. The van der Waals surface area contributed by atoms with Crippen LogP contribution in [0.3, 0.4) is 0 Å².